The molecule has 222 valence electrons. The Morgan fingerprint density at radius 3 is 1.64 bits per heavy atom. The summed E-state index contributed by atoms with van der Waals surface area (Å²) in [5, 5.41) is 2.64. The molecule has 0 aliphatic carbocycles. The first-order valence-corrected chi connectivity index (χ1v) is 13.7. The highest BCUT2D eigenvalue weighted by Gasteiger charge is 2.52. The van der Waals surface area contributed by atoms with Crippen molar-refractivity contribution in [3.8, 4) is 0 Å². The third-order valence-corrected chi connectivity index (χ3v) is 5.69. The number of hydrogen-bond donors (Lipinski definition) is 1. The molecule has 12 nitrogen and oxygen atoms in total. The van der Waals surface area contributed by atoms with E-state index in [0.717, 1.165) is 0 Å². The van der Waals surface area contributed by atoms with E-state index in [1.807, 2.05) is 0 Å². The van der Waals surface area contributed by atoms with Crippen LogP contribution < -0.4 is 5.32 Å². The van der Waals surface area contributed by atoms with Crippen LogP contribution in [0.2, 0.25) is 0 Å². The van der Waals surface area contributed by atoms with Crippen LogP contribution in [-0.2, 0) is 52.5 Å². The van der Waals surface area contributed by atoms with Gasteiger partial charge in [-0.05, 0) is 32.6 Å². The predicted molar refractivity (Wildman–Crippen MR) is 137 cm³/mol. The fraction of sp³-hybridized carbons (Fsp3) is 0.778. The number of ether oxygens (including phenoxy) is 5. The number of rotatable bonds is 17. The number of esters is 4. The molecule has 3 unspecified atom stereocenters. The van der Waals surface area contributed by atoms with Crippen molar-refractivity contribution in [3.63, 3.8) is 0 Å². The van der Waals surface area contributed by atoms with Gasteiger partial charge in [-0.1, -0.05) is 27.7 Å². The Morgan fingerprint density at radius 1 is 0.641 bits per heavy atom. The lowest BCUT2D eigenvalue weighted by atomic mass is 9.95. The molecular formula is C27H43NO11. The Morgan fingerprint density at radius 2 is 1.13 bits per heavy atom. The molecule has 1 N–H and O–H groups in total. The number of nitrogens with one attached hydrogen (secondary N) is 1. The van der Waals surface area contributed by atoms with Crippen molar-refractivity contribution >= 4 is 35.6 Å². The molecule has 5 atom stereocenters. The van der Waals surface area contributed by atoms with E-state index in [9.17, 15) is 28.8 Å². The Bertz CT molecular complexity index is 844. The standard InChI is InChI=1S/C27H43NO11/c1-6-10-20(31)35-16-18-25(37-21(32)11-7-2)26(38-22(33)12-8-3)24(28-19(30)15-14-17(5)29)27(36-18)39-23(34)13-9-4/h18,24-27H,6-16H2,1-5H3,(H,28,30)/t18?,24?,25-,26?,27+/m1/s1. The zero-order chi connectivity index (χ0) is 29.4. The molecule has 0 radical (unpaired) electrons. The van der Waals surface area contributed by atoms with E-state index in [1.54, 1.807) is 27.7 Å². The lowest BCUT2D eigenvalue weighted by Gasteiger charge is -2.44. The molecule has 1 saturated heterocycles. The van der Waals surface area contributed by atoms with Crippen LogP contribution in [0.4, 0.5) is 0 Å². The summed E-state index contributed by atoms with van der Waals surface area (Å²) >= 11 is 0. The van der Waals surface area contributed by atoms with Crippen molar-refractivity contribution in [2.24, 2.45) is 0 Å². The quantitative estimate of drug-likeness (QED) is 0.207. The number of amides is 1. The van der Waals surface area contributed by atoms with Gasteiger partial charge in [-0.2, -0.15) is 0 Å². The molecule has 1 heterocycles. The van der Waals surface area contributed by atoms with Crippen LogP contribution in [0.15, 0.2) is 0 Å². The van der Waals surface area contributed by atoms with Gasteiger partial charge in [0, 0.05) is 38.5 Å². The molecule has 0 spiro atoms. The molecule has 0 aromatic heterocycles. The summed E-state index contributed by atoms with van der Waals surface area (Å²) in [6.45, 7) is 8.10. The summed E-state index contributed by atoms with van der Waals surface area (Å²) in [6, 6.07) is -1.27. The number of hydrogen-bond acceptors (Lipinski definition) is 11. The third-order valence-electron chi connectivity index (χ3n) is 5.69. The average molecular weight is 558 g/mol. The van der Waals surface area contributed by atoms with Crippen LogP contribution in [0, 0.1) is 0 Å². The molecule has 1 aliphatic rings. The minimum absolute atomic E-state index is 0.0361. The summed E-state index contributed by atoms with van der Waals surface area (Å²) in [4.78, 5) is 73.9. The maximum absolute atomic E-state index is 12.8. The summed E-state index contributed by atoms with van der Waals surface area (Å²) in [7, 11) is 0. The van der Waals surface area contributed by atoms with Crippen LogP contribution in [-0.4, -0.2) is 72.8 Å². The summed E-state index contributed by atoms with van der Waals surface area (Å²) in [5.74, 6) is -3.19. The molecule has 1 rings (SSSR count). The average Bonchev–Trinajstić information content (AvgIpc) is 2.85. The highest BCUT2D eigenvalue weighted by atomic mass is 16.7. The molecule has 0 aromatic carbocycles. The highest BCUT2D eigenvalue weighted by molar-refractivity contribution is 5.83. The highest BCUT2D eigenvalue weighted by Crippen LogP contribution is 2.29. The Hall–Kier alpha value is -3.02. The molecule has 1 amide bonds. The molecule has 0 bridgehead atoms. The molecule has 0 aromatic rings. The van der Waals surface area contributed by atoms with Gasteiger partial charge in [0.25, 0.3) is 0 Å². The molecular weight excluding hydrogens is 514 g/mol. The van der Waals surface area contributed by atoms with E-state index in [4.69, 9.17) is 23.7 Å². The van der Waals surface area contributed by atoms with Crippen LogP contribution in [0.1, 0.15) is 98.8 Å². The van der Waals surface area contributed by atoms with E-state index in [0.29, 0.717) is 25.7 Å². The summed E-state index contributed by atoms with van der Waals surface area (Å²) in [5.41, 5.74) is 0. The van der Waals surface area contributed by atoms with Gasteiger partial charge in [0.2, 0.25) is 12.2 Å². The van der Waals surface area contributed by atoms with E-state index < -0.39 is 60.4 Å². The van der Waals surface area contributed by atoms with Crippen LogP contribution in [0.25, 0.3) is 0 Å². The first-order valence-electron chi connectivity index (χ1n) is 13.7. The normalized spacial score (nSPS) is 22.3. The monoisotopic (exact) mass is 557 g/mol. The van der Waals surface area contributed by atoms with Crippen molar-refractivity contribution in [3.05, 3.63) is 0 Å². The first kappa shape index (κ1) is 34.0. The smallest absolute Gasteiger partial charge is 0.308 e. The van der Waals surface area contributed by atoms with Gasteiger partial charge in [0.15, 0.2) is 12.2 Å². The zero-order valence-corrected chi connectivity index (χ0v) is 23.7. The Balaban J connectivity index is 3.48. The Labute approximate surface area is 229 Å². The lowest BCUT2D eigenvalue weighted by molar-refractivity contribution is -0.272. The van der Waals surface area contributed by atoms with Crippen LogP contribution >= 0.6 is 0 Å². The van der Waals surface area contributed by atoms with Crippen molar-refractivity contribution in [1.82, 2.24) is 5.32 Å². The SMILES string of the molecule is CCCC(=O)OCC1O[C@@H](OC(=O)CCC)C(NC(=O)CCC(C)=O)C(OC(=O)CCC)[C@@H]1OC(=O)CCC. The summed E-state index contributed by atoms with van der Waals surface area (Å²) < 4.78 is 28.2. The third kappa shape index (κ3) is 12.6. The maximum Gasteiger partial charge on any atom is 0.308 e. The second-order valence-electron chi connectivity index (χ2n) is 9.42. The number of ketones is 1. The van der Waals surface area contributed by atoms with Crippen molar-refractivity contribution in [2.45, 2.75) is 129 Å². The lowest BCUT2D eigenvalue weighted by Crippen LogP contribution is -2.67. The van der Waals surface area contributed by atoms with E-state index in [1.165, 1.54) is 6.92 Å². The minimum atomic E-state index is -1.46. The maximum atomic E-state index is 12.8. The fourth-order valence-corrected chi connectivity index (χ4v) is 3.80. The second-order valence-corrected chi connectivity index (χ2v) is 9.42. The topological polar surface area (TPSA) is 161 Å². The van der Waals surface area contributed by atoms with Gasteiger partial charge in [0.05, 0.1) is 0 Å². The number of Topliss-reactive ketones (excluding diaryl/α,β-unsaturated/α-hetero) is 1. The van der Waals surface area contributed by atoms with Gasteiger partial charge in [0.1, 0.15) is 24.5 Å². The second kappa shape index (κ2) is 18.3. The van der Waals surface area contributed by atoms with Gasteiger partial charge < -0.3 is 33.8 Å². The van der Waals surface area contributed by atoms with E-state index in [2.05, 4.69) is 5.32 Å². The van der Waals surface area contributed by atoms with Crippen molar-refractivity contribution < 1.29 is 52.5 Å². The Kier molecular flexibility index (Phi) is 16.0. The van der Waals surface area contributed by atoms with Crippen LogP contribution in [0.5, 0.6) is 0 Å². The molecule has 12 heteroatoms. The van der Waals surface area contributed by atoms with Crippen LogP contribution in [0.3, 0.4) is 0 Å². The zero-order valence-electron chi connectivity index (χ0n) is 23.7. The van der Waals surface area contributed by atoms with Gasteiger partial charge in [-0.15, -0.1) is 0 Å². The molecule has 1 aliphatic heterocycles. The van der Waals surface area contributed by atoms with Gasteiger partial charge in [-0.25, -0.2) is 0 Å². The van der Waals surface area contributed by atoms with Crippen molar-refractivity contribution in [1.29, 1.82) is 0 Å². The molecule has 0 saturated carbocycles. The minimum Gasteiger partial charge on any atom is -0.463 e. The summed E-state index contributed by atoms with van der Waals surface area (Å²) in [6.07, 6.45) is -3.22. The molecule has 1 fully saturated rings. The fourth-order valence-electron chi connectivity index (χ4n) is 3.80. The molecule has 39 heavy (non-hydrogen) atoms. The predicted octanol–water partition coefficient (Wildman–Crippen LogP) is 2.68. The van der Waals surface area contributed by atoms with E-state index >= 15 is 0 Å². The number of carbonyl (C=O) groups is 6. The number of carbonyl (C=O) groups excluding carboxylic acids is 6. The first-order chi connectivity index (χ1) is 18.6. The van der Waals surface area contributed by atoms with E-state index in [-0.39, 0.29) is 50.9 Å². The van der Waals surface area contributed by atoms with Crippen molar-refractivity contribution in [2.75, 3.05) is 6.61 Å². The largest absolute Gasteiger partial charge is 0.463 e. The van der Waals surface area contributed by atoms with Gasteiger partial charge in [-0.3, -0.25) is 24.0 Å². The van der Waals surface area contributed by atoms with Gasteiger partial charge >= 0.3 is 23.9 Å².